The SMILES string of the molecule is Cc1cc(C)c(NC(C#N)=C(C#N)C#N)c(C(=O)O)c1Br. The van der Waals surface area contributed by atoms with E-state index in [4.69, 9.17) is 15.8 Å². The summed E-state index contributed by atoms with van der Waals surface area (Å²) in [6.07, 6.45) is 0. The Hall–Kier alpha value is -2.82. The second-order valence-corrected chi connectivity index (χ2v) is 4.88. The van der Waals surface area contributed by atoms with Crippen LogP contribution in [0.25, 0.3) is 0 Å². The summed E-state index contributed by atoms with van der Waals surface area (Å²) >= 11 is 3.20. The van der Waals surface area contributed by atoms with Crippen molar-refractivity contribution in [2.24, 2.45) is 0 Å². The van der Waals surface area contributed by atoms with E-state index in [1.165, 1.54) is 0 Å². The largest absolute Gasteiger partial charge is 0.478 e. The summed E-state index contributed by atoms with van der Waals surface area (Å²) in [5.74, 6) is -1.19. The topological polar surface area (TPSA) is 121 Å². The summed E-state index contributed by atoms with van der Waals surface area (Å²) in [5, 5.41) is 38.6. The number of aryl methyl sites for hydroxylation is 2. The van der Waals surface area contributed by atoms with Gasteiger partial charge in [0, 0.05) is 4.47 Å². The van der Waals surface area contributed by atoms with Crippen LogP contribution in [0.4, 0.5) is 5.69 Å². The average Bonchev–Trinajstić information content (AvgIpc) is 2.43. The first kappa shape index (κ1) is 16.2. The molecule has 0 aromatic heterocycles. The minimum atomic E-state index is -1.19. The Morgan fingerprint density at radius 1 is 1.19 bits per heavy atom. The number of carboxylic acids is 1. The van der Waals surface area contributed by atoms with E-state index in [-0.39, 0.29) is 16.9 Å². The van der Waals surface area contributed by atoms with Crippen LogP contribution in [0, 0.1) is 47.8 Å². The molecule has 0 bridgehead atoms. The Morgan fingerprint density at radius 2 is 1.76 bits per heavy atom. The molecule has 0 fully saturated rings. The summed E-state index contributed by atoms with van der Waals surface area (Å²) < 4.78 is 0.371. The number of benzene rings is 1. The van der Waals surface area contributed by atoms with Crippen molar-refractivity contribution in [3.63, 3.8) is 0 Å². The van der Waals surface area contributed by atoms with Crippen LogP contribution >= 0.6 is 15.9 Å². The van der Waals surface area contributed by atoms with Crippen molar-refractivity contribution in [2.45, 2.75) is 13.8 Å². The minimum absolute atomic E-state index is 0.0597. The van der Waals surface area contributed by atoms with Gasteiger partial charge < -0.3 is 10.4 Å². The van der Waals surface area contributed by atoms with Gasteiger partial charge in [0.15, 0.2) is 5.57 Å². The molecule has 0 radical (unpaired) electrons. The Kier molecular flexibility index (Phi) is 5.07. The number of rotatable bonds is 3. The summed E-state index contributed by atoms with van der Waals surface area (Å²) in [6, 6.07) is 6.61. The number of nitrogens with one attached hydrogen (secondary N) is 1. The molecule has 1 aromatic rings. The summed E-state index contributed by atoms with van der Waals surface area (Å²) in [6.45, 7) is 3.41. The molecule has 21 heavy (non-hydrogen) atoms. The lowest BCUT2D eigenvalue weighted by Crippen LogP contribution is -2.10. The molecule has 0 aliphatic heterocycles. The van der Waals surface area contributed by atoms with E-state index in [9.17, 15) is 9.90 Å². The van der Waals surface area contributed by atoms with Gasteiger partial charge in [-0.05, 0) is 40.9 Å². The molecule has 0 saturated heterocycles. The lowest BCUT2D eigenvalue weighted by atomic mass is 10.0. The van der Waals surface area contributed by atoms with Gasteiger partial charge in [0.2, 0.25) is 0 Å². The second-order valence-electron chi connectivity index (χ2n) is 4.09. The number of carbonyl (C=O) groups is 1. The third-order valence-corrected chi connectivity index (χ3v) is 3.71. The molecule has 0 spiro atoms. The Labute approximate surface area is 129 Å². The quantitative estimate of drug-likeness (QED) is 0.813. The highest BCUT2D eigenvalue weighted by atomic mass is 79.9. The molecule has 0 saturated carbocycles. The molecule has 0 aliphatic rings. The number of anilines is 1. The molecule has 0 atom stereocenters. The van der Waals surface area contributed by atoms with E-state index in [2.05, 4.69) is 21.2 Å². The highest BCUT2D eigenvalue weighted by molar-refractivity contribution is 9.10. The smallest absolute Gasteiger partial charge is 0.338 e. The van der Waals surface area contributed by atoms with Gasteiger partial charge in [-0.25, -0.2) is 4.79 Å². The third-order valence-electron chi connectivity index (χ3n) is 2.69. The number of nitrogens with zero attached hydrogens (tertiary/aromatic N) is 3. The molecule has 6 nitrogen and oxygen atoms in total. The van der Waals surface area contributed by atoms with Gasteiger partial charge in [0.25, 0.3) is 0 Å². The van der Waals surface area contributed by atoms with Crippen LogP contribution in [0.15, 0.2) is 21.8 Å². The fraction of sp³-hybridized carbons (Fsp3) is 0.143. The number of halogens is 1. The Morgan fingerprint density at radius 3 is 2.19 bits per heavy atom. The number of carboxylic acid groups (broad SMARTS) is 1. The van der Waals surface area contributed by atoms with Crippen molar-refractivity contribution >= 4 is 27.6 Å². The van der Waals surface area contributed by atoms with Crippen molar-refractivity contribution in [3.8, 4) is 18.2 Å². The van der Waals surface area contributed by atoms with Gasteiger partial charge in [-0.1, -0.05) is 6.07 Å². The molecular formula is C14H9BrN4O2. The maximum absolute atomic E-state index is 11.4. The summed E-state index contributed by atoms with van der Waals surface area (Å²) in [7, 11) is 0. The van der Waals surface area contributed by atoms with E-state index in [0.29, 0.717) is 10.0 Å². The van der Waals surface area contributed by atoms with E-state index < -0.39 is 11.5 Å². The zero-order valence-electron chi connectivity index (χ0n) is 11.2. The maximum atomic E-state index is 11.4. The zero-order chi connectivity index (χ0) is 16.2. The molecule has 7 heteroatoms. The van der Waals surface area contributed by atoms with Crippen LogP contribution in [-0.2, 0) is 0 Å². The summed E-state index contributed by atoms with van der Waals surface area (Å²) in [5.41, 5.74) is 0.705. The van der Waals surface area contributed by atoms with Crippen LogP contribution in [0.5, 0.6) is 0 Å². The molecule has 0 amide bonds. The van der Waals surface area contributed by atoms with Crippen molar-refractivity contribution in [3.05, 3.63) is 38.5 Å². The van der Waals surface area contributed by atoms with Crippen molar-refractivity contribution in [1.82, 2.24) is 0 Å². The van der Waals surface area contributed by atoms with Gasteiger partial charge in [-0.3, -0.25) is 0 Å². The molecule has 0 heterocycles. The first-order valence-corrected chi connectivity index (χ1v) is 6.41. The lowest BCUT2D eigenvalue weighted by molar-refractivity contribution is 0.0697. The highest BCUT2D eigenvalue weighted by Gasteiger charge is 2.20. The standard InChI is InChI=1S/C14H9BrN4O2/c1-7-3-8(2)13(11(12(7)15)14(20)21)19-10(6-18)9(4-16)5-17/h3,19H,1-2H3,(H,20,21). The van der Waals surface area contributed by atoms with E-state index in [1.807, 2.05) is 0 Å². The van der Waals surface area contributed by atoms with Gasteiger partial charge in [0.1, 0.15) is 23.9 Å². The molecule has 2 N–H and O–H groups in total. The second kappa shape index (κ2) is 6.56. The van der Waals surface area contributed by atoms with Crippen LogP contribution < -0.4 is 5.32 Å². The number of hydrogen-bond acceptors (Lipinski definition) is 5. The molecular weight excluding hydrogens is 336 g/mol. The van der Waals surface area contributed by atoms with Gasteiger partial charge in [-0.2, -0.15) is 15.8 Å². The predicted octanol–water partition coefficient (Wildman–Crippen LogP) is 3.00. The Bertz CT molecular complexity index is 760. The fourth-order valence-corrected chi connectivity index (χ4v) is 2.22. The minimum Gasteiger partial charge on any atom is -0.478 e. The number of nitriles is 3. The van der Waals surface area contributed by atoms with Crippen molar-refractivity contribution in [2.75, 3.05) is 5.32 Å². The first-order valence-electron chi connectivity index (χ1n) is 5.61. The third kappa shape index (κ3) is 3.20. The van der Waals surface area contributed by atoms with Gasteiger partial charge in [-0.15, -0.1) is 0 Å². The normalized spacial score (nSPS) is 8.95. The monoisotopic (exact) mass is 344 g/mol. The molecule has 0 aliphatic carbocycles. The average molecular weight is 345 g/mol. The predicted molar refractivity (Wildman–Crippen MR) is 78.1 cm³/mol. The van der Waals surface area contributed by atoms with Crippen molar-refractivity contribution in [1.29, 1.82) is 15.8 Å². The zero-order valence-corrected chi connectivity index (χ0v) is 12.7. The van der Waals surface area contributed by atoms with Crippen LogP contribution in [0.1, 0.15) is 21.5 Å². The summed E-state index contributed by atoms with van der Waals surface area (Å²) in [4.78, 5) is 11.4. The molecule has 0 unspecified atom stereocenters. The molecule has 104 valence electrons. The van der Waals surface area contributed by atoms with Crippen molar-refractivity contribution < 1.29 is 9.90 Å². The van der Waals surface area contributed by atoms with Gasteiger partial charge in [0.05, 0.1) is 11.3 Å². The fourth-order valence-electron chi connectivity index (χ4n) is 1.73. The maximum Gasteiger partial charge on any atom is 0.338 e. The van der Waals surface area contributed by atoms with Crippen LogP contribution in [0.2, 0.25) is 0 Å². The van der Waals surface area contributed by atoms with E-state index in [1.54, 1.807) is 38.1 Å². The van der Waals surface area contributed by atoms with Crippen LogP contribution in [0.3, 0.4) is 0 Å². The molecule has 1 aromatic carbocycles. The number of aromatic carboxylic acids is 1. The van der Waals surface area contributed by atoms with Gasteiger partial charge >= 0.3 is 5.97 Å². The highest BCUT2D eigenvalue weighted by Crippen LogP contribution is 2.32. The number of allylic oxidation sites excluding steroid dienone is 2. The Balaban J connectivity index is 3.61. The van der Waals surface area contributed by atoms with Crippen LogP contribution in [-0.4, -0.2) is 11.1 Å². The lowest BCUT2D eigenvalue weighted by Gasteiger charge is -2.15. The number of hydrogen-bond donors (Lipinski definition) is 2. The molecule has 1 rings (SSSR count). The van der Waals surface area contributed by atoms with E-state index in [0.717, 1.165) is 5.56 Å². The first-order chi connectivity index (χ1) is 9.87. The van der Waals surface area contributed by atoms with E-state index >= 15 is 0 Å².